The van der Waals surface area contributed by atoms with E-state index in [1.165, 1.54) is 12.8 Å². The molecule has 1 atom stereocenters. The Morgan fingerprint density at radius 1 is 1.27 bits per heavy atom. The van der Waals surface area contributed by atoms with Crippen molar-refractivity contribution in [3.05, 3.63) is 34.9 Å². The monoisotopic (exact) mass is 220 g/mol. The number of benzene rings is 1. The van der Waals surface area contributed by atoms with Crippen molar-refractivity contribution < 1.29 is 0 Å². The lowest BCUT2D eigenvalue weighted by molar-refractivity contribution is 0.294. The van der Waals surface area contributed by atoms with Crippen molar-refractivity contribution in [2.45, 2.75) is 18.9 Å². The Morgan fingerprint density at radius 3 is 2.53 bits per heavy atom. The molecule has 0 radical (unpaired) electrons. The van der Waals surface area contributed by atoms with E-state index in [0.717, 1.165) is 18.7 Å². The largest absolute Gasteiger partial charge is 0.284 e. The number of rotatable bonds is 2. The van der Waals surface area contributed by atoms with E-state index in [2.05, 4.69) is 11.0 Å². The summed E-state index contributed by atoms with van der Waals surface area (Å²) >= 11 is 6.10. The van der Waals surface area contributed by atoms with Crippen molar-refractivity contribution in [3.63, 3.8) is 0 Å². The molecule has 0 bridgehead atoms. The second-order valence-corrected chi connectivity index (χ2v) is 4.20. The summed E-state index contributed by atoms with van der Waals surface area (Å²) in [4.78, 5) is 2.20. The lowest BCUT2D eigenvalue weighted by atomic mass is 10.1. The quantitative estimate of drug-likeness (QED) is 0.766. The number of nitriles is 1. The number of halogens is 1. The third kappa shape index (κ3) is 2.14. The molecule has 1 aromatic rings. The zero-order valence-electron chi connectivity index (χ0n) is 8.49. The van der Waals surface area contributed by atoms with Crippen molar-refractivity contribution in [2.24, 2.45) is 0 Å². The zero-order valence-corrected chi connectivity index (χ0v) is 9.24. The molecular formula is C12H13ClN2. The highest BCUT2D eigenvalue weighted by Crippen LogP contribution is 2.29. The third-order valence-corrected chi connectivity index (χ3v) is 3.17. The van der Waals surface area contributed by atoms with Crippen LogP contribution in [0.25, 0.3) is 0 Å². The molecule has 1 aliphatic heterocycles. The van der Waals surface area contributed by atoms with E-state index in [-0.39, 0.29) is 6.04 Å². The van der Waals surface area contributed by atoms with E-state index in [1.54, 1.807) is 0 Å². The van der Waals surface area contributed by atoms with Crippen LogP contribution in [0.1, 0.15) is 24.4 Å². The summed E-state index contributed by atoms with van der Waals surface area (Å²) < 4.78 is 0. The summed E-state index contributed by atoms with van der Waals surface area (Å²) in [6, 6.07) is 9.77. The van der Waals surface area contributed by atoms with Gasteiger partial charge in [-0.05, 0) is 32.0 Å². The second-order valence-electron chi connectivity index (χ2n) is 3.80. The molecule has 15 heavy (non-hydrogen) atoms. The first-order valence-electron chi connectivity index (χ1n) is 5.21. The molecule has 0 spiro atoms. The highest BCUT2D eigenvalue weighted by molar-refractivity contribution is 6.31. The van der Waals surface area contributed by atoms with Gasteiger partial charge in [-0.3, -0.25) is 4.90 Å². The van der Waals surface area contributed by atoms with Crippen LogP contribution in [0.15, 0.2) is 24.3 Å². The van der Waals surface area contributed by atoms with Crippen LogP contribution in [0.2, 0.25) is 5.02 Å². The molecule has 0 aliphatic carbocycles. The van der Waals surface area contributed by atoms with Crippen LogP contribution in [0, 0.1) is 11.3 Å². The fourth-order valence-corrected chi connectivity index (χ4v) is 2.28. The lowest BCUT2D eigenvalue weighted by Crippen LogP contribution is -2.24. The smallest absolute Gasteiger partial charge is 0.125 e. The molecule has 0 amide bonds. The Kier molecular flexibility index (Phi) is 3.25. The maximum absolute atomic E-state index is 9.21. The van der Waals surface area contributed by atoms with Crippen molar-refractivity contribution in [1.29, 1.82) is 5.26 Å². The number of hydrogen-bond donors (Lipinski definition) is 0. The van der Waals surface area contributed by atoms with Crippen LogP contribution < -0.4 is 0 Å². The first kappa shape index (κ1) is 10.5. The predicted octanol–water partition coefficient (Wildman–Crippen LogP) is 3.00. The zero-order chi connectivity index (χ0) is 10.7. The van der Waals surface area contributed by atoms with Crippen molar-refractivity contribution in [1.82, 2.24) is 4.90 Å². The van der Waals surface area contributed by atoms with Gasteiger partial charge in [0.05, 0.1) is 6.07 Å². The summed E-state index contributed by atoms with van der Waals surface area (Å²) in [5, 5.41) is 9.90. The van der Waals surface area contributed by atoms with E-state index < -0.39 is 0 Å². The Labute approximate surface area is 95.1 Å². The minimum atomic E-state index is -0.179. The van der Waals surface area contributed by atoms with Crippen molar-refractivity contribution in [2.75, 3.05) is 13.1 Å². The molecule has 2 rings (SSSR count). The van der Waals surface area contributed by atoms with Gasteiger partial charge in [-0.25, -0.2) is 0 Å². The molecule has 1 aromatic carbocycles. The summed E-state index contributed by atoms with van der Waals surface area (Å²) in [5.41, 5.74) is 0.934. The molecule has 2 nitrogen and oxygen atoms in total. The Hall–Kier alpha value is -1.04. The molecule has 1 unspecified atom stereocenters. The third-order valence-electron chi connectivity index (χ3n) is 2.83. The minimum absolute atomic E-state index is 0.179. The first-order chi connectivity index (χ1) is 7.33. The van der Waals surface area contributed by atoms with Gasteiger partial charge < -0.3 is 0 Å². The fourth-order valence-electron chi connectivity index (χ4n) is 2.04. The first-order valence-corrected chi connectivity index (χ1v) is 5.59. The maximum Gasteiger partial charge on any atom is 0.125 e. The molecule has 1 saturated heterocycles. The molecule has 0 saturated carbocycles. The summed E-state index contributed by atoms with van der Waals surface area (Å²) in [6.45, 7) is 2.01. The Bertz CT molecular complexity index is 377. The Balaban J connectivity index is 2.27. The molecule has 3 heteroatoms. The van der Waals surface area contributed by atoms with E-state index in [0.29, 0.717) is 5.02 Å². The highest BCUT2D eigenvalue weighted by Gasteiger charge is 2.24. The van der Waals surface area contributed by atoms with E-state index in [9.17, 15) is 5.26 Å². The predicted molar refractivity (Wildman–Crippen MR) is 60.6 cm³/mol. The van der Waals surface area contributed by atoms with Gasteiger partial charge in [0, 0.05) is 10.6 Å². The van der Waals surface area contributed by atoms with Crippen molar-refractivity contribution >= 4 is 11.6 Å². The van der Waals surface area contributed by atoms with E-state index >= 15 is 0 Å². The SMILES string of the molecule is N#CC(c1ccccc1Cl)N1CCCC1. The van der Waals surface area contributed by atoms with Gasteiger partial charge in [-0.15, -0.1) is 0 Å². The normalized spacial score (nSPS) is 18.7. The number of nitrogens with zero attached hydrogens (tertiary/aromatic N) is 2. The van der Waals surface area contributed by atoms with Gasteiger partial charge in [-0.2, -0.15) is 5.26 Å². The molecule has 1 aliphatic rings. The summed E-state index contributed by atoms with van der Waals surface area (Å²) in [7, 11) is 0. The molecule has 1 fully saturated rings. The topological polar surface area (TPSA) is 27.0 Å². The molecule has 0 aromatic heterocycles. The summed E-state index contributed by atoms with van der Waals surface area (Å²) in [5.74, 6) is 0. The van der Waals surface area contributed by atoms with E-state index in [4.69, 9.17) is 11.6 Å². The standard InChI is InChI=1S/C12H13ClN2/c13-11-6-2-1-5-10(11)12(9-14)15-7-3-4-8-15/h1-2,5-6,12H,3-4,7-8H2. The van der Waals surface area contributed by atoms with Crippen LogP contribution in [0.5, 0.6) is 0 Å². The number of hydrogen-bond acceptors (Lipinski definition) is 2. The van der Waals surface area contributed by atoms with Crippen LogP contribution in [-0.2, 0) is 0 Å². The van der Waals surface area contributed by atoms with Gasteiger partial charge in [0.25, 0.3) is 0 Å². The van der Waals surface area contributed by atoms with Gasteiger partial charge in [0.15, 0.2) is 0 Å². The molecule has 78 valence electrons. The highest BCUT2D eigenvalue weighted by atomic mass is 35.5. The van der Waals surface area contributed by atoms with Crippen molar-refractivity contribution in [3.8, 4) is 6.07 Å². The average molecular weight is 221 g/mol. The maximum atomic E-state index is 9.21. The molecule has 0 N–H and O–H groups in total. The van der Waals surface area contributed by atoms with Crippen LogP contribution in [0.4, 0.5) is 0 Å². The summed E-state index contributed by atoms with van der Waals surface area (Å²) in [6.07, 6.45) is 2.37. The molecular weight excluding hydrogens is 208 g/mol. The van der Waals surface area contributed by atoms with Gasteiger partial charge in [0.1, 0.15) is 6.04 Å². The van der Waals surface area contributed by atoms with Gasteiger partial charge >= 0.3 is 0 Å². The fraction of sp³-hybridized carbons (Fsp3) is 0.417. The molecule has 1 heterocycles. The number of likely N-dealkylation sites (tertiary alicyclic amines) is 1. The second kappa shape index (κ2) is 4.65. The van der Waals surface area contributed by atoms with Gasteiger partial charge in [-0.1, -0.05) is 29.8 Å². The minimum Gasteiger partial charge on any atom is -0.284 e. The van der Waals surface area contributed by atoms with E-state index in [1.807, 2.05) is 24.3 Å². The Morgan fingerprint density at radius 2 is 1.93 bits per heavy atom. The van der Waals surface area contributed by atoms with Gasteiger partial charge in [0.2, 0.25) is 0 Å². The average Bonchev–Trinajstić information content (AvgIpc) is 2.75. The van der Waals surface area contributed by atoms with Crippen LogP contribution >= 0.6 is 11.6 Å². The van der Waals surface area contributed by atoms with Crippen LogP contribution in [-0.4, -0.2) is 18.0 Å². The van der Waals surface area contributed by atoms with Crippen LogP contribution in [0.3, 0.4) is 0 Å². The lowest BCUT2D eigenvalue weighted by Gasteiger charge is -2.22.